The highest BCUT2D eigenvalue weighted by molar-refractivity contribution is 7.17. The van der Waals surface area contributed by atoms with Crippen molar-refractivity contribution >= 4 is 22.4 Å². The van der Waals surface area contributed by atoms with Gasteiger partial charge in [0, 0.05) is 13.1 Å². The highest BCUT2D eigenvalue weighted by atomic mass is 32.1. The molecule has 2 N–H and O–H groups in total. The van der Waals surface area contributed by atoms with Gasteiger partial charge in [-0.3, -0.25) is 4.79 Å². The second kappa shape index (κ2) is 5.26. The van der Waals surface area contributed by atoms with Crippen LogP contribution in [0.15, 0.2) is 0 Å². The summed E-state index contributed by atoms with van der Waals surface area (Å²) in [5, 5.41) is 0.474. The van der Waals surface area contributed by atoms with E-state index in [1.165, 1.54) is 24.2 Å². The molecule has 1 amide bonds. The third-order valence-corrected chi connectivity index (χ3v) is 4.84. The fraction of sp³-hybridized carbons (Fsp3) is 0.692. The molecule has 0 radical (unpaired) electrons. The van der Waals surface area contributed by atoms with E-state index in [9.17, 15) is 4.79 Å². The predicted molar refractivity (Wildman–Crippen MR) is 74.8 cm³/mol. The van der Waals surface area contributed by atoms with Gasteiger partial charge in [0.05, 0.1) is 5.69 Å². The fourth-order valence-corrected chi connectivity index (χ4v) is 3.39. The van der Waals surface area contributed by atoms with Gasteiger partial charge in [0.15, 0.2) is 5.13 Å². The van der Waals surface area contributed by atoms with E-state index in [1.807, 2.05) is 18.9 Å². The van der Waals surface area contributed by atoms with Gasteiger partial charge in [-0.1, -0.05) is 18.3 Å². The lowest BCUT2D eigenvalue weighted by Gasteiger charge is -2.33. The number of aryl methyl sites for hydroxylation is 1. The molecule has 0 unspecified atom stereocenters. The molecule has 1 fully saturated rings. The van der Waals surface area contributed by atoms with Crippen LogP contribution in [0.2, 0.25) is 0 Å². The van der Waals surface area contributed by atoms with Crippen molar-refractivity contribution in [3.63, 3.8) is 0 Å². The summed E-state index contributed by atoms with van der Waals surface area (Å²) in [5.41, 5.74) is 6.40. The van der Waals surface area contributed by atoms with Crippen LogP contribution in [-0.2, 0) is 0 Å². The molecule has 1 aromatic heterocycles. The zero-order valence-electron chi connectivity index (χ0n) is 11.3. The van der Waals surface area contributed by atoms with Crippen molar-refractivity contribution in [2.45, 2.75) is 45.6 Å². The molecular formula is C13H21N3OS. The first-order valence-corrected chi connectivity index (χ1v) is 7.30. The minimum Gasteiger partial charge on any atom is -0.375 e. The first-order valence-electron chi connectivity index (χ1n) is 6.49. The lowest BCUT2D eigenvalue weighted by atomic mass is 9.87. The lowest BCUT2D eigenvalue weighted by Crippen LogP contribution is -2.39. The van der Waals surface area contributed by atoms with Gasteiger partial charge in [0.25, 0.3) is 5.91 Å². The van der Waals surface area contributed by atoms with Gasteiger partial charge in [0.2, 0.25) is 0 Å². The summed E-state index contributed by atoms with van der Waals surface area (Å²) in [6, 6.07) is 0.372. The molecule has 5 heteroatoms. The van der Waals surface area contributed by atoms with E-state index in [-0.39, 0.29) is 5.91 Å². The number of thiazole rings is 1. The van der Waals surface area contributed by atoms with Gasteiger partial charge in [0.1, 0.15) is 4.88 Å². The van der Waals surface area contributed by atoms with E-state index in [4.69, 9.17) is 5.73 Å². The van der Waals surface area contributed by atoms with Crippen molar-refractivity contribution in [2.24, 2.45) is 5.92 Å². The molecule has 0 atom stereocenters. The van der Waals surface area contributed by atoms with E-state index in [2.05, 4.69) is 11.9 Å². The van der Waals surface area contributed by atoms with Crippen LogP contribution in [0, 0.1) is 12.8 Å². The smallest absolute Gasteiger partial charge is 0.265 e. The summed E-state index contributed by atoms with van der Waals surface area (Å²) in [5.74, 6) is 0.867. The van der Waals surface area contributed by atoms with Crippen molar-refractivity contribution in [2.75, 3.05) is 12.8 Å². The molecule has 1 heterocycles. The minimum absolute atomic E-state index is 0.0706. The van der Waals surface area contributed by atoms with Crippen LogP contribution in [0.25, 0.3) is 0 Å². The molecule has 0 aromatic carbocycles. The Labute approximate surface area is 112 Å². The number of rotatable bonds is 2. The lowest BCUT2D eigenvalue weighted by molar-refractivity contribution is 0.0683. The quantitative estimate of drug-likeness (QED) is 0.896. The van der Waals surface area contributed by atoms with Crippen molar-refractivity contribution in [1.29, 1.82) is 0 Å². The highest BCUT2D eigenvalue weighted by Crippen LogP contribution is 2.29. The van der Waals surface area contributed by atoms with Crippen LogP contribution in [0.5, 0.6) is 0 Å². The van der Waals surface area contributed by atoms with Crippen LogP contribution >= 0.6 is 11.3 Å². The third kappa shape index (κ3) is 2.66. The number of anilines is 1. The zero-order valence-corrected chi connectivity index (χ0v) is 12.1. The second-order valence-corrected chi connectivity index (χ2v) is 6.33. The second-order valence-electron chi connectivity index (χ2n) is 5.30. The Balaban J connectivity index is 2.07. The molecule has 100 valence electrons. The number of nitrogens with two attached hydrogens (primary N) is 1. The number of aromatic nitrogens is 1. The van der Waals surface area contributed by atoms with Crippen molar-refractivity contribution < 1.29 is 4.79 Å². The Kier molecular flexibility index (Phi) is 3.90. The Morgan fingerprint density at radius 3 is 2.50 bits per heavy atom. The zero-order chi connectivity index (χ0) is 13.3. The number of nitrogen functional groups attached to an aromatic ring is 1. The monoisotopic (exact) mass is 267 g/mol. The Bertz CT molecular complexity index is 435. The molecule has 0 saturated heterocycles. The largest absolute Gasteiger partial charge is 0.375 e. The van der Waals surface area contributed by atoms with Crippen LogP contribution in [0.1, 0.15) is 48.0 Å². The third-order valence-electron chi connectivity index (χ3n) is 3.86. The predicted octanol–water partition coefficient (Wildman–Crippen LogP) is 2.68. The van der Waals surface area contributed by atoms with Crippen LogP contribution in [0.3, 0.4) is 0 Å². The number of hydrogen-bond donors (Lipinski definition) is 1. The van der Waals surface area contributed by atoms with Crippen molar-refractivity contribution in [1.82, 2.24) is 9.88 Å². The Morgan fingerprint density at radius 1 is 1.39 bits per heavy atom. The van der Waals surface area contributed by atoms with Crippen molar-refractivity contribution in [3.05, 3.63) is 10.6 Å². The van der Waals surface area contributed by atoms with Gasteiger partial charge < -0.3 is 10.6 Å². The first-order chi connectivity index (χ1) is 8.49. The van der Waals surface area contributed by atoms with E-state index >= 15 is 0 Å². The maximum Gasteiger partial charge on any atom is 0.265 e. The molecule has 1 saturated carbocycles. The Hall–Kier alpha value is -1.10. The normalized spacial score (nSPS) is 23.9. The highest BCUT2D eigenvalue weighted by Gasteiger charge is 2.27. The maximum absolute atomic E-state index is 12.4. The molecular weight excluding hydrogens is 246 g/mol. The average Bonchev–Trinajstić information content (AvgIpc) is 2.67. The molecule has 1 aromatic rings. The maximum atomic E-state index is 12.4. The van der Waals surface area contributed by atoms with Gasteiger partial charge in [-0.2, -0.15) is 0 Å². The van der Waals surface area contributed by atoms with Crippen LogP contribution < -0.4 is 5.73 Å². The summed E-state index contributed by atoms with van der Waals surface area (Å²) in [4.78, 5) is 19.1. The minimum atomic E-state index is 0.0706. The standard InChI is InChI=1S/C13H21N3OS/c1-8-4-6-10(7-5-8)16(3)12(17)11-9(2)15-13(14)18-11/h8,10H,4-7H2,1-3H3,(H2,14,15). The average molecular weight is 267 g/mol. The van der Waals surface area contributed by atoms with E-state index in [1.54, 1.807) is 0 Å². The van der Waals surface area contributed by atoms with Gasteiger partial charge in [-0.05, 0) is 38.5 Å². The van der Waals surface area contributed by atoms with E-state index in [0.29, 0.717) is 16.1 Å². The van der Waals surface area contributed by atoms with E-state index in [0.717, 1.165) is 24.5 Å². The first kappa shape index (κ1) is 13.3. The number of nitrogens with zero attached hydrogens (tertiary/aromatic N) is 2. The molecule has 0 aliphatic heterocycles. The SMILES string of the molecule is Cc1nc(N)sc1C(=O)N(C)C1CCC(C)CC1. The Morgan fingerprint density at radius 2 is 2.00 bits per heavy atom. The molecule has 0 bridgehead atoms. The van der Waals surface area contributed by atoms with Crippen LogP contribution in [-0.4, -0.2) is 28.9 Å². The molecule has 18 heavy (non-hydrogen) atoms. The number of carbonyl (C=O) groups is 1. The summed E-state index contributed by atoms with van der Waals surface area (Å²) in [6.07, 6.45) is 4.64. The van der Waals surface area contributed by atoms with Gasteiger partial charge in [-0.15, -0.1) is 0 Å². The van der Waals surface area contributed by atoms with Gasteiger partial charge >= 0.3 is 0 Å². The summed E-state index contributed by atoms with van der Waals surface area (Å²) < 4.78 is 0. The number of amides is 1. The number of hydrogen-bond acceptors (Lipinski definition) is 4. The van der Waals surface area contributed by atoms with E-state index < -0.39 is 0 Å². The fourth-order valence-electron chi connectivity index (χ4n) is 2.57. The topological polar surface area (TPSA) is 59.2 Å². The molecule has 2 rings (SSSR count). The molecule has 1 aliphatic rings. The van der Waals surface area contributed by atoms with Crippen molar-refractivity contribution in [3.8, 4) is 0 Å². The number of carbonyl (C=O) groups excluding carboxylic acids is 1. The molecule has 1 aliphatic carbocycles. The molecule has 4 nitrogen and oxygen atoms in total. The summed E-state index contributed by atoms with van der Waals surface area (Å²) >= 11 is 1.29. The molecule has 0 spiro atoms. The summed E-state index contributed by atoms with van der Waals surface area (Å²) in [6.45, 7) is 4.13. The van der Waals surface area contributed by atoms with Crippen LogP contribution in [0.4, 0.5) is 5.13 Å². The van der Waals surface area contributed by atoms with Gasteiger partial charge in [-0.25, -0.2) is 4.98 Å². The summed E-state index contributed by atoms with van der Waals surface area (Å²) in [7, 11) is 1.90.